The van der Waals surface area contributed by atoms with Gasteiger partial charge in [0, 0.05) is 35.8 Å². The zero-order valence-electron chi connectivity index (χ0n) is 28.9. The molecule has 53 heavy (non-hydrogen) atoms. The van der Waals surface area contributed by atoms with E-state index >= 15 is 0 Å². The van der Waals surface area contributed by atoms with Crippen LogP contribution in [-0.4, -0.2) is 78.2 Å². The van der Waals surface area contributed by atoms with Gasteiger partial charge in [-0.3, -0.25) is 14.2 Å². The number of benzene rings is 3. The summed E-state index contributed by atoms with van der Waals surface area (Å²) in [5, 5.41) is 15.7. The number of aryl methyl sites for hydroxylation is 1. The van der Waals surface area contributed by atoms with Crippen LogP contribution in [0.5, 0.6) is 0 Å². The van der Waals surface area contributed by atoms with E-state index in [0.29, 0.717) is 23.3 Å². The molecule has 3 aromatic rings. The van der Waals surface area contributed by atoms with Crippen LogP contribution in [-0.2, 0) is 37.1 Å². The van der Waals surface area contributed by atoms with Crippen LogP contribution >= 0.6 is 30.9 Å². The number of carboxylic acids is 1. The number of carboxylic acid groups (broad SMARTS) is 1. The van der Waals surface area contributed by atoms with Crippen LogP contribution in [0.2, 0.25) is 5.02 Å². The third-order valence-corrected chi connectivity index (χ3v) is 14.5. The molecule has 2 heterocycles. The number of anilines is 1. The quantitative estimate of drug-likeness (QED) is 0.0945. The SMILES string of the molecule is O=C(NCCP(=O)(O)CC(=O)N1[C@@H]2CCCC[C@@H]2C[C@H]1C(=O)O)c1ccc(CNS(=O)(=O)c2cc3c(cc2Cl)NC(CCc2ccccc2)NS3)cc1. The van der Waals surface area contributed by atoms with Gasteiger partial charge in [0.25, 0.3) is 5.91 Å². The van der Waals surface area contributed by atoms with Crippen molar-refractivity contribution in [1.82, 2.24) is 19.7 Å². The van der Waals surface area contributed by atoms with E-state index in [2.05, 4.69) is 32.2 Å². The minimum Gasteiger partial charge on any atom is -0.480 e. The summed E-state index contributed by atoms with van der Waals surface area (Å²) in [6.45, 7) is -0.235. The number of carbonyl (C=O) groups excluding carboxylic acids is 2. The molecule has 1 saturated heterocycles. The van der Waals surface area contributed by atoms with Gasteiger partial charge in [0.05, 0.1) is 16.9 Å². The highest BCUT2D eigenvalue weighted by molar-refractivity contribution is 7.97. The molecule has 0 aromatic heterocycles. The molecule has 17 heteroatoms. The molecule has 6 N–H and O–H groups in total. The van der Waals surface area contributed by atoms with Gasteiger partial charge in [0.15, 0.2) is 0 Å². The maximum atomic E-state index is 13.3. The average molecular weight is 804 g/mol. The molecule has 284 valence electrons. The predicted octanol–water partition coefficient (Wildman–Crippen LogP) is 5.04. The van der Waals surface area contributed by atoms with E-state index < -0.39 is 47.4 Å². The third-order valence-electron chi connectivity index (χ3n) is 10.0. The summed E-state index contributed by atoms with van der Waals surface area (Å²) >= 11 is 7.80. The number of halogens is 1. The molecular formula is C36H43ClN5O8PS2. The molecule has 2 aliphatic heterocycles. The number of hydrogen-bond acceptors (Lipinski definition) is 9. The van der Waals surface area contributed by atoms with Crippen LogP contribution in [0.3, 0.4) is 0 Å². The Hall–Kier alpha value is -3.43. The van der Waals surface area contributed by atoms with Crippen LogP contribution in [0.1, 0.15) is 60.0 Å². The maximum absolute atomic E-state index is 13.3. The van der Waals surface area contributed by atoms with Crippen LogP contribution in [0, 0.1) is 5.92 Å². The minimum absolute atomic E-state index is 0.0270. The Kier molecular flexibility index (Phi) is 12.5. The molecule has 13 nitrogen and oxygen atoms in total. The number of sulfonamides is 1. The average Bonchev–Trinajstić information content (AvgIpc) is 3.54. The van der Waals surface area contributed by atoms with Gasteiger partial charge in [-0.2, -0.15) is 0 Å². The smallest absolute Gasteiger partial charge is 0.326 e. The van der Waals surface area contributed by atoms with E-state index in [-0.39, 0.29) is 52.9 Å². The van der Waals surface area contributed by atoms with Crippen molar-refractivity contribution >= 4 is 64.4 Å². The van der Waals surface area contributed by atoms with Crippen LogP contribution < -0.4 is 20.1 Å². The van der Waals surface area contributed by atoms with Gasteiger partial charge in [-0.15, -0.1) is 0 Å². The largest absolute Gasteiger partial charge is 0.480 e. The van der Waals surface area contributed by atoms with Crippen molar-refractivity contribution in [2.45, 2.75) is 79.5 Å². The van der Waals surface area contributed by atoms with Crippen molar-refractivity contribution in [3.8, 4) is 0 Å². The van der Waals surface area contributed by atoms with E-state index in [1.54, 1.807) is 18.2 Å². The Labute approximate surface area is 318 Å². The Morgan fingerprint density at radius 2 is 1.75 bits per heavy atom. The van der Waals surface area contributed by atoms with Crippen LogP contribution in [0.4, 0.5) is 5.69 Å². The first kappa shape index (κ1) is 39.3. The lowest BCUT2D eigenvalue weighted by molar-refractivity contribution is -0.148. The summed E-state index contributed by atoms with van der Waals surface area (Å²) in [7, 11) is -8.02. The van der Waals surface area contributed by atoms with Crippen molar-refractivity contribution in [2.75, 3.05) is 24.2 Å². The van der Waals surface area contributed by atoms with Crippen molar-refractivity contribution in [1.29, 1.82) is 0 Å². The highest BCUT2D eigenvalue weighted by Crippen LogP contribution is 2.44. The fourth-order valence-electron chi connectivity index (χ4n) is 7.26. The number of carbonyl (C=O) groups is 3. The Morgan fingerprint density at radius 1 is 1.02 bits per heavy atom. The number of aliphatic carboxylic acids is 1. The van der Waals surface area contributed by atoms with Gasteiger partial charge in [-0.05, 0) is 85.4 Å². The first-order valence-electron chi connectivity index (χ1n) is 17.6. The first-order valence-corrected chi connectivity index (χ1v) is 22.3. The van der Waals surface area contributed by atoms with Crippen molar-refractivity contribution < 1.29 is 37.4 Å². The fraction of sp³-hybridized carbons (Fsp3) is 0.417. The van der Waals surface area contributed by atoms with Gasteiger partial charge < -0.3 is 25.5 Å². The lowest BCUT2D eigenvalue weighted by Gasteiger charge is -2.33. The van der Waals surface area contributed by atoms with Crippen molar-refractivity contribution in [3.63, 3.8) is 0 Å². The monoisotopic (exact) mass is 803 g/mol. The van der Waals surface area contributed by atoms with Crippen molar-refractivity contribution in [2.24, 2.45) is 5.92 Å². The van der Waals surface area contributed by atoms with Gasteiger partial charge in [0.1, 0.15) is 17.1 Å². The molecule has 1 saturated carbocycles. The zero-order chi connectivity index (χ0) is 37.8. The number of amides is 2. The molecule has 6 rings (SSSR count). The Bertz CT molecular complexity index is 1990. The van der Waals surface area contributed by atoms with Gasteiger partial charge >= 0.3 is 5.97 Å². The number of hydrogen-bond donors (Lipinski definition) is 6. The summed E-state index contributed by atoms with van der Waals surface area (Å²) in [5.41, 5.74) is 2.80. The molecule has 0 bridgehead atoms. The summed E-state index contributed by atoms with van der Waals surface area (Å²) in [5.74, 6) is -2.17. The lowest BCUT2D eigenvalue weighted by atomic mass is 9.85. The number of nitrogens with one attached hydrogen (secondary N) is 4. The molecule has 3 aliphatic rings. The van der Waals surface area contributed by atoms with E-state index in [9.17, 15) is 37.4 Å². The normalized spacial score (nSPS) is 22.2. The number of nitrogens with zero attached hydrogens (tertiary/aromatic N) is 1. The van der Waals surface area contributed by atoms with E-state index in [1.165, 1.54) is 40.6 Å². The molecular weight excluding hydrogens is 761 g/mol. The number of fused-ring (bicyclic) bond motifs is 2. The molecule has 0 spiro atoms. The first-order chi connectivity index (χ1) is 25.3. The second-order valence-electron chi connectivity index (χ2n) is 13.7. The summed E-state index contributed by atoms with van der Waals surface area (Å²) in [6.07, 6.45) is 4.37. The topological polar surface area (TPSA) is 194 Å². The molecule has 2 amide bonds. The van der Waals surface area contributed by atoms with Gasteiger partial charge in [-0.1, -0.05) is 66.9 Å². The molecule has 1 aliphatic carbocycles. The summed E-state index contributed by atoms with van der Waals surface area (Å²) in [6, 6.07) is 18.3. The second kappa shape index (κ2) is 16.9. The van der Waals surface area contributed by atoms with Crippen molar-refractivity contribution in [3.05, 3.63) is 88.4 Å². The Balaban J connectivity index is 0.968. The molecule has 0 radical (unpaired) electrons. The molecule has 2 fully saturated rings. The lowest BCUT2D eigenvalue weighted by Crippen LogP contribution is -2.47. The predicted molar refractivity (Wildman–Crippen MR) is 204 cm³/mol. The van der Waals surface area contributed by atoms with Crippen LogP contribution in [0.25, 0.3) is 0 Å². The van der Waals surface area contributed by atoms with E-state index in [1.807, 2.05) is 18.2 Å². The van der Waals surface area contributed by atoms with Gasteiger partial charge in [-0.25, -0.2) is 22.7 Å². The minimum atomic E-state index is -4.02. The highest BCUT2D eigenvalue weighted by Gasteiger charge is 2.48. The second-order valence-corrected chi connectivity index (χ2v) is 19.2. The standard InChI is InChI=1S/C36H43ClN5O8PS2/c37-27-19-28-31(52-41-33(40-28)15-12-23-6-2-1-3-7-23)20-32(27)53(49,50)39-21-24-10-13-25(14-11-24)35(44)38-16-17-51(47,48)22-34(43)42-29-9-5-4-8-26(29)18-30(42)36(45)46/h1-3,6-7,10-11,13-14,19-20,26,29-30,33,39-41H,4-5,8-9,12,15-18,21-22H2,(H,38,44)(H,45,46)(H,47,48)/t26-,29-,30+,33?/m1/s1. The summed E-state index contributed by atoms with van der Waals surface area (Å²) in [4.78, 5) is 50.3. The number of likely N-dealkylation sites (tertiary alicyclic amines) is 1. The zero-order valence-corrected chi connectivity index (χ0v) is 32.2. The van der Waals surface area contributed by atoms with Gasteiger partial charge in [0.2, 0.25) is 23.3 Å². The summed E-state index contributed by atoms with van der Waals surface area (Å²) < 4.78 is 45.3. The maximum Gasteiger partial charge on any atom is 0.326 e. The number of rotatable bonds is 14. The van der Waals surface area contributed by atoms with Crippen LogP contribution in [0.15, 0.2) is 76.5 Å². The van der Waals surface area contributed by atoms with E-state index in [0.717, 1.165) is 37.8 Å². The molecule has 2 unspecified atom stereocenters. The third kappa shape index (κ3) is 9.82. The van der Waals surface area contributed by atoms with E-state index in [4.69, 9.17) is 11.6 Å². The molecule has 5 atom stereocenters. The fourth-order valence-corrected chi connectivity index (χ4v) is 11.0. The highest BCUT2D eigenvalue weighted by atomic mass is 35.5. The Morgan fingerprint density at radius 3 is 2.49 bits per heavy atom. The molecule has 3 aromatic carbocycles.